The number of hydrogen-bond donors (Lipinski definition) is 3. The van der Waals surface area contributed by atoms with E-state index in [1.807, 2.05) is 0 Å². The molecule has 2 saturated heterocycles. The first-order valence-electron chi connectivity index (χ1n) is 6.76. The number of carbonyl (C=O) groups is 2. The molecule has 2 fully saturated rings. The Kier molecular flexibility index (Phi) is 4.52. The van der Waals surface area contributed by atoms with Gasteiger partial charge in [-0.1, -0.05) is 0 Å². The van der Waals surface area contributed by atoms with Gasteiger partial charge in [0.15, 0.2) is 0 Å². The molecule has 3 N–H and O–H groups in total. The molecule has 2 rings (SSSR count). The molecule has 0 aliphatic carbocycles. The molecule has 0 saturated carbocycles. The smallest absolute Gasteiger partial charge is 0.354 e. The van der Waals surface area contributed by atoms with Crippen LogP contribution >= 0.6 is 0 Å². The van der Waals surface area contributed by atoms with Crippen LogP contribution in [0.25, 0.3) is 0 Å². The van der Waals surface area contributed by atoms with Crippen LogP contribution in [0, 0.1) is 5.92 Å². The molecule has 3 atom stereocenters. The molecule has 0 radical (unpaired) electrons. The number of nitrogens with one attached hydrogen (secondary N) is 3. The molecular weight excluding hydrogens is 275 g/mol. The van der Waals surface area contributed by atoms with E-state index in [-0.39, 0.29) is 25.3 Å². The molecule has 20 heavy (non-hydrogen) atoms. The van der Waals surface area contributed by atoms with Gasteiger partial charge in [0.05, 0.1) is 12.0 Å². The predicted molar refractivity (Wildman–Crippen MR) is 64.7 cm³/mol. The van der Waals surface area contributed by atoms with Crippen LogP contribution in [-0.2, 0) is 9.59 Å². The van der Waals surface area contributed by atoms with Crippen molar-refractivity contribution < 1.29 is 22.8 Å². The lowest BCUT2D eigenvalue weighted by atomic mass is 9.93. The molecule has 0 bridgehead atoms. The zero-order valence-corrected chi connectivity index (χ0v) is 10.9. The average molecular weight is 293 g/mol. The third-order valence-electron chi connectivity index (χ3n) is 3.80. The van der Waals surface area contributed by atoms with Crippen molar-refractivity contribution in [2.75, 3.05) is 13.1 Å². The van der Waals surface area contributed by atoms with Crippen LogP contribution in [0.5, 0.6) is 0 Å². The standard InChI is InChI=1S/C12H18F3N3O2/c13-12(14,15)7-3-4-8(17-6-7)11(20)18-9-2-1-5-16-10(9)19/h7-9,17H,1-6H2,(H,16,19)(H,18,20). The second kappa shape index (κ2) is 5.99. The first-order chi connectivity index (χ1) is 9.38. The van der Waals surface area contributed by atoms with Crippen molar-refractivity contribution in [3.05, 3.63) is 0 Å². The predicted octanol–water partition coefficient (Wildman–Crippen LogP) is 0.312. The lowest BCUT2D eigenvalue weighted by Crippen LogP contribution is -2.57. The molecule has 2 heterocycles. The van der Waals surface area contributed by atoms with Crippen molar-refractivity contribution in [1.29, 1.82) is 0 Å². The van der Waals surface area contributed by atoms with Crippen molar-refractivity contribution in [3.8, 4) is 0 Å². The molecule has 0 aromatic heterocycles. The van der Waals surface area contributed by atoms with E-state index in [1.165, 1.54) is 0 Å². The molecule has 2 aliphatic heterocycles. The van der Waals surface area contributed by atoms with Gasteiger partial charge in [0.1, 0.15) is 6.04 Å². The molecule has 5 nitrogen and oxygen atoms in total. The third-order valence-corrected chi connectivity index (χ3v) is 3.80. The zero-order valence-electron chi connectivity index (χ0n) is 10.9. The Morgan fingerprint density at radius 2 is 2.00 bits per heavy atom. The van der Waals surface area contributed by atoms with E-state index in [0.29, 0.717) is 13.0 Å². The maximum Gasteiger partial charge on any atom is 0.393 e. The van der Waals surface area contributed by atoms with E-state index in [1.54, 1.807) is 0 Å². The molecule has 114 valence electrons. The highest BCUT2D eigenvalue weighted by molar-refractivity contribution is 5.90. The van der Waals surface area contributed by atoms with Crippen LogP contribution in [0.4, 0.5) is 13.2 Å². The van der Waals surface area contributed by atoms with Gasteiger partial charge in [-0.25, -0.2) is 0 Å². The molecule has 3 unspecified atom stereocenters. The minimum absolute atomic E-state index is 0.0640. The highest BCUT2D eigenvalue weighted by Crippen LogP contribution is 2.31. The van der Waals surface area contributed by atoms with E-state index in [4.69, 9.17) is 0 Å². The summed E-state index contributed by atoms with van der Waals surface area (Å²) in [6.07, 6.45) is -2.81. The Morgan fingerprint density at radius 1 is 1.25 bits per heavy atom. The van der Waals surface area contributed by atoms with Crippen LogP contribution < -0.4 is 16.0 Å². The Bertz CT molecular complexity index is 379. The molecular formula is C12H18F3N3O2. The summed E-state index contributed by atoms with van der Waals surface area (Å²) in [7, 11) is 0. The first kappa shape index (κ1) is 15.1. The van der Waals surface area contributed by atoms with Crippen LogP contribution in [0.1, 0.15) is 25.7 Å². The van der Waals surface area contributed by atoms with Gasteiger partial charge in [-0.05, 0) is 25.7 Å². The van der Waals surface area contributed by atoms with Gasteiger partial charge in [0.2, 0.25) is 11.8 Å². The summed E-state index contributed by atoms with van der Waals surface area (Å²) in [5.41, 5.74) is 0. The first-order valence-corrected chi connectivity index (χ1v) is 6.76. The van der Waals surface area contributed by atoms with Crippen LogP contribution in [0.3, 0.4) is 0 Å². The quantitative estimate of drug-likeness (QED) is 0.686. The fraction of sp³-hybridized carbons (Fsp3) is 0.833. The lowest BCUT2D eigenvalue weighted by Gasteiger charge is -2.31. The van der Waals surface area contributed by atoms with Crippen LogP contribution in [0.15, 0.2) is 0 Å². The van der Waals surface area contributed by atoms with Crippen molar-refractivity contribution in [2.45, 2.75) is 43.9 Å². The zero-order chi connectivity index (χ0) is 14.8. The highest BCUT2D eigenvalue weighted by atomic mass is 19.4. The van der Waals surface area contributed by atoms with E-state index in [9.17, 15) is 22.8 Å². The molecule has 0 spiro atoms. The second-order valence-corrected chi connectivity index (χ2v) is 5.27. The SMILES string of the molecule is O=C(NC1CCCNC1=O)C1CCC(C(F)(F)F)CN1. The van der Waals surface area contributed by atoms with Crippen molar-refractivity contribution in [1.82, 2.24) is 16.0 Å². The van der Waals surface area contributed by atoms with E-state index >= 15 is 0 Å². The summed E-state index contributed by atoms with van der Waals surface area (Å²) in [5, 5.41) is 7.86. The van der Waals surface area contributed by atoms with Gasteiger partial charge in [0.25, 0.3) is 0 Å². The normalized spacial score (nSPS) is 31.6. The minimum atomic E-state index is -4.22. The average Bonchev–Trinajstić information content (AvgIpc) is 2.40. The molecule has 2 aliphatic rings. The number of rotatable bonds is 2. The molecule has 0 aromatic rings. The third kappa shape index (κ3) is 3.62. The fourth-order valence-electron chi connectivity index (χ4n) is 2.54. The number of piperidine rings is 2. The van der Waals surface area contributed by atoms with Gasteiger partial charge < -0.3 is 16.0 Å². The van der Waals surface area contributed by atoms with E-state index in [0.717, 1.165) is 6.42 Å². The lowest BCUT2D eigenvalue weighted by molar-refractivity contribution is -0.180. The van der Waals surface area contributed by atoms with Gasteiger partial charge >= 0.3 is 6.18 Å². The Labute approximate surface area is 114 Å². The second-order valence-electron chi connectivity index (χ2n) is 5.27. The highest BCUT2D eigenvalue weighted by Gasteiger charge is 2.42. The van der Waals surface area contributed by atoms with Crippen LogP contribution in [0.2, 0.25) is 0 Å². The molecule has 2 amide bonds. The van der Waals surface area contributed by atoms with Crippen molar-refractivity contribution in [2.24, 2.45) is 5.92 Å². The van der Waals surface area contributed by atoms with Gasteiger partial charge in [-0.15, -0.1) is 0 Å². The Morgan fingerprint density at radius 3 is 2.55 bits per heavy atom. The maximum atomic E-state index is 12.5. The topological polar surface area (TPSA) is 70.2 Å². The largest absolute Gasteiger partial charge is 0.393 e. The van der Waals surface area contributed by atoms with E-state index in [2.05, 4.69) is 16.0 Å². The Hall–Kier alpha value is -1.31. The number of amides is 2. The van der Waals surface area contributed by atoms with E-state index < -0.39 is 30.1 Å². The summed E-state index contributed by atoms with van der Waals surface area (Å²) < 4.78 is 37.5. The summed E-state index contributed by atoms with van der Waals surface area (Å²) in [6.45, 7) is 0.346. The summed E-state index contributed by atoms with van der Waals surface area (Å²) in [4.78, 5) is 23.4. The van der Waals surface area contributed by atoms with Crippen molar-refractivity contribution in [3.63, 3.8) is 0 Å². The monoisotopic (exact) mass is 293 g/mol. The molecule has 8 heteroatoms. The fourth-order valence-corrected chi connectivity index (χ4v) is 2.54. The van der Waals surface area contributed by atoms with Crippen molar-refractivity contribution >= 4 is 11.8 Å². The van der Waals surface area contributed by atoms with Crippen LogP contribution in [-0.4, -0.2) is 43.2 Å². The summed E-state index contributed by atoms with van der Waals surface area (Å²) in [5.74, 6) is -2.02. The molecule has 0 aromatic carbocycles. The summed E-state index contributed by atoms with van der Waals surface area (Å²) >= 11 is 0. The maximum absolute atomic E-state index is 12.5. The minimum Gasteiger partial charge on any atom is -0.354 e. The van der Waals surface area contributed by atoms with Gasteiger partial charge in [-0.3, -0.25) is 9.59 Å². The Balaban J connectivity index is 1.81. The number of hydrogen-bond acceptors (Lipinski definition) is 3. The van der Waals surface area contributed by atoms with Gasteiger partial charge in [-0.2, -0.15) is 13.2 Å². The number of halogens is 3. The van der Waals surface area contributed by atoms with Gasteiger partial charge in [0, 0.05) is 13.1 Å². The number of alkyl halides is 3. The summed E-state index contributed by atoms with van der Waals surface area (Å²) in [6, 6.07) is -1.22. The number of carbonyl (C=O) groups excluding carboxylic acids is 2.